The van der Waals surface area contributed by atoms with E-state index in [0.29, 0.717) is 12.5 Å². The summed E-state index contributed by atoms with van der Waals surface area (Å²) in [5.41, 5.74) is 0. The highest BCUT2D eigenvalue weighted by atomic mass is 32.2. The van der Waals surface area contributed by atoms with Crippen molar-refractivity contribution in [2.45, 2.75) is 40.0 Å². The smallest absolute Gasteiger partial charge is 0.211 e. The largest absolute Gasteiger partial charge is 0.317 e. The second kappa shape index (κ2) is 8.96. The molecular weight excluding hydrogens is 224 g/mol. The van der Waals surface area contributed by atoms with Crippen molar-refractivity contribution < 1.29 is 8.42 Å². The Bertz CT molecular complexity index is 251. The van der Waals surface area contributed by atoms with Gasteiger partial charge in [0.2, 0.25) is 10.0 Å². The first-order valence-corrected chi connectivity index (χ1v) is 7.81. The Labute approximate surface area is 100 Å². The molecule has 0 fully saturated rings. The van der Waals surface area contributed by atoms with Crippen LogP contribution in [0.4, 0.5) is 0 Å². The minimum absolute atomic E-state index is 0.247. The van der Waals surface area contributed by atoms with Crippen molar-refractivity contribution in [1.29, 1.82) is 0 Å². The lowest BCUT2D eigenvalue weighted by atomic mass is 10.1. The average Bonchev–Trinajstić information content (AvgIpc) is 2.16. The molecule has 0 amide bonds. The third kappa shape index (κ3) is 10.4. The third-order valence-corrected chi connectivity index (χ3v) is 3.78. The van der Waals surface area contributed by atoms with Crippen LogP contribution in [0.3, 0.4) is 0 Å². The molecule has 0 aromatic rings. The first kappa shape index (κ1) is 15.9. The molecule has 0 aromatic heterocycles. The standard InChI is InChI=1S/C11H26N2O2S/c1-4-12-8-5-6-10-16(14,15)13-9-7-11(2)3/h11-13H,4-10H2,1-3H3. The van der Waals surface area contributed by atoms with Gasteiger partial charge in [0.25, 0.3) is 0 Å². The van der Waals surface area contributed by atoms with E-state index in [1.54, 1.807) is 0 Å². The van der Waals surface area contributed by atoms with Crippen LogP contribution in [0.15, 0.2) is 0 Å². The van der Waals surface area contributed by atoms with Gasteiger partial charge in [0.15, 0.2) is 0 Å². The van der Waals surface area contributed by atoms with Crippen LogP contribution >= 0.6 is 0 Å². The topological polar surface area (TPSA) is 58.2 Å². The Kier molecular flexibility index (Phi) is 8.89. The van der Waals surface area contributed by atoms with Crippen molar-refractivity contribution in [3.63, 3.8) is 0 Å². The minimum Gasteiger partial charge on any atom is -0.317 e. The van der Waals surface area contributed by atoms with Gasteiger partial charge in [0.1, 0.15) is 0 Å². The summed E-state index contributed by atoms with van der Waals surface area (Å²) in [5, 5.41) is 3.18. The zero-order chi connectivity index (χ0) is 12.4. The van der Waals surface area contributed by atoms with E-state index in [1.165, 1.54) is 0 Å². The van der Waals surface area contributed by atoms with Crippen LogP contribution in [0.1, 0.15) is 40.0 Å². The molecular formula is C11H26N2O2S. The number of hydrogen-bond donors (Lipinski definition) is 2. The van der Waals surface area contributed by atoms with Crippen molar-refractivity contribution in [2.24, 2.45) is 5.92 Å². The van der Waals surface area contributed by atoms with Crippen LogP contribution in [-0.4, -0.2) is 33.8 Å². The Morgan fingerprint density at radius 3 is 2.38 bits per heavy atom. The molecule has 0 bridgehead atoms. The van der Waals surface area contributed by atoms with Crippen molar-refractivity contribution in [1.82, 2.24) is 10.0 Å². The van der Waals surface area contributed by atoms with Crippen LogP contribution < -0.4 is 10.0 Å². The summed E-state index contributed by atoms with van der Waals surface area (Å²) >= 11 is 0. The highest BCUT2D eigenvalue weighted by Gasteiger charge is 2.08. The first-order valence-electron chi connectivity index (χ1n) is 6.16. The van der Waals surface area contributed by atoms with Gasteiger partial charge in [-0.15, -0.1) is 0 Å². The third-order valence-electron chi connectivity index (χ3n) is 2.31. The second-order valence-electron chi connectivity index (χ2n) is 4.46. The van der Waals surface area contributed by atoms with Crippen LogP contribution in [0.5, 0.6) is 0 Å². The Morgan fingerprint density at radius 2 is 1.81 bits per heavy atom. The molecule has 0 radical (unpaired) electrons. The summed E-state index contributed by atoms with van der Waals surface area (Å²) in [6.07, 6.45) is 2.54. The normalized spacial score (nSPS) is 12.2. The number of hydrogen-bond acceptors (Lipinski definition) is 3. The molecule has 16 heavy (non-hydrogen) atoms. The molecule has 0 heterocycles. The van der Waals surface area contributed by atoms with Gasteiger partial charge in [-0.3, -0.25) is 0 Å². The molecule has 98 valence electrons. The van der Waals surface area contributed by atoms with Crippen molar-refractivity contribution >= 4 is 10.0 Å². The molecule has 0 atom stereocenters. The molecule has 0 aromatic carbocycles. The van der Waals surface area contributed by atoms with Gasteiger partial charge in [-0.1, -0.05) is 20.8 Å². The quantitative estimate of drug-likeness (QED) is 0.575. The van der Waals surface area contributed by atoms with Gasteiger partial charge in [-0.25, -0.2) is 13.1 Å². The predicted octanol–water partition coefficient (Wildman–Crippen LogP) is 1.34. The van der Waals surface area contributed by atoms with E-state index in [0.717, 1.165) is 32.4 Å². The van der Waals surface area contributed by atoms with Gasteiger partial charge in [-0.05, 0) is 38.3 Å². The van der Waals surface area contributed by atoms with Crippen molar-refractivity contribution in [2.75, 3.05) is 25.4 Å². The highest BCUT2D eigenvalue weighted by Crippen LogP contribution is 1.99. The Morgan fingerprint density at radius 1 is 1.12 bits per heavy atom. The summed E-state index contributed by atoms with van der Waals surface area (Å²) in [4.78, 5) is 0. The van der Waals surface area contributed by atoms with Gasteiger partial charge in [0.05, 0.1) is 5.75 Å². The minimum atomic E-state index is -3.04. The van der Waals surface area contributed by atoms with E-state index in [-0.39, 0.29) is 5.75 Å². The maximum Gasteiger partial charge on any atom is 0.211 e. The zero-order valence-corrected chi connectivity index (χ0v) is 11.6. The van der Waals surface area contributed by atoms with E-state index in [1.807, 2.05) is 6.92 Å². The van der Waals surface area contributed by atoms with Crippen molar-refractivity contribution in [3.8, 4) is 0 Å². The fraction of sp³-hybridized carbons (Fsp3) is 1.00. The molecule has 4 nitrogen and oxygen atoms in total. The summed E-state index contributed by atoms with van der Waals surface area (Å²) in [6, 6.07) is 0. The number of nitrogens with one attached hydrogen (secondary N) is 2. The van der Waals surface area contributed by atoms with Crippen LogP contribution in [0.25, 0.3) is 0 Å². The lowest BCUT2D eigenvalue weighted by Gasteiger charge is -2.08. The maximum atomic E-state index is 11.5. The SMILES string of the molecule is CCNCCCCS(=O)(=O)NCCC(C)C. The number of unbranched alkanes of at least 4 members (excludes halogenated alkanes) is 1. The lowest BCUT2D eigenvalue weighted by molar-refractivity contribution is 0.548. The average molecular weight is 250 g/mol. The summed E-state index contributed by atoms with van der Waals surface area (Å²) in [5.74, 6) is 0.785. The summed E-state index contributed by atoms with van der Waals surface area (Å²) in [7, 11) is -3.04. The molecule has 0 aliphatic rings. The molecule has 0 aliphatic heterocycles. The van der Waals surface area contributed by atoms with Gasteiger partial charge in [-0.2, -0.15) is 0 Å². The molecule has 0 rings (SSSR count). The Balaban J connectivity index is 3.55. The highest BCUT2D eigenvalue weighted by molar-refractivity contribution is 7.89. The fourth-order valence-corrected chi connectivity index (χ4v) is 2.45. The molecule has 0 unspecified atom stereocenters. The molecule has 0 aliphatic carbocycles. The zero-order valence-electron chi connectivity index (χ0n) is 10.8. The predicted molar refractivity (Wildman–Crippen MR) is 69.0 cm³/mol. The molecule has 5 heteroatoms. The van der Waals surface area contributed by atoms with Crippen LogP contribution in [0, 0.1) is 5.92 Å². The second-order valence-corrected chi connectivity index (χ2v) is 6.38. The number of sulfonamides is 1. The summed E-state index contributed by atoms with van der Waals surface area (Å²) in [6.45, 7) is 8.63. The van der Waals surface area contributed by atoms with Gasteiger partial charge >= 0.3 is 0 Å². The molecule has 0 saturated heterocycles. The Hall–Kier alpha value is -0.130. The van der Waals surface area contributed by atoms with Gasteiger partial charge < -0.3 is 5.32 Å². The molecule has 2 N–H and O–H groups in total. The van der Waals surface area contributed by atoms with E-state index in [4.69, 9.17) is 0 Å². The van der Waals surface area contributed by atoms with Gasteiger partial charge in [0, 0.05) is 6.54 Å². The number of rotatable bonds is 10. The van der Waals surface area contributed by atoms with E-state index >= 15 is 0 Å². The fourth-order valence-electron chi connectivity index (χ4n) is 1.29. The maximum absolute atomic E-state index is 11.5. The van der Waals surface area contributed by atoms with Crippen molar-refractivity contribution in [3.05, 3.63) is 0 Å². The van der Waals surface area contributed by atoms with E-state index in [9.17, 15) is 8.42 Å². The first-order chi connectivity index (χ1) is 7.48. The molecule has 0 spiro atoms. The van der Waals surface area contributed by atoms with Crippen LogP contribution in [0.2, 0.25) is 0 Å². The lowest BCUT2D eigenvalue weighted by Crippen LogP contribution is -2.28. The summed E-state index contributed by atoms with van der Waals surface area (Å²) < 4.78 is 25.7. The van der Waals surface area contributed by atoms with E-state index < -0.39 is 10.0 Å². The molecule has 0 saturated carbocycles. The van der Waals surface area contributed by atoms with E-state index in [2.05, 4.69) is 23.9 Å². The van der Waals surface area contributed by atoms with Crippen LogP contribution in [-0.2, 0) is 10.0 Å². The monoisotopic (exact) mass is 250 g/mol.